The molecule has 77 valence electrons. The second-order valence-electron chi connectivity index (χ2n) is 4.96. The summed E-state index contributed by atoms with van der Waals surface area (Å²) in [5.74, 6) is -1.67. The Morgan fingerprint density at radius 2 is 1.86 bits per heavy atom. The van der Waals surface area contributed by atoms with E-state index in [1.807, 2.05) is 0 Å². The molecule has 1 aliphatic carbocycles. The first-order valence-corrected chi connectivity index (χ1v) is 4.73. The van der Waals surface area contributed by atoms with Crippen molar-refractivity contribution >= 4 is 11.9 Å². The molecule has 2 bridgehead atoms. The highest BCUT2D eigenvalue weighted by Gasteiger charge is 2.76. The summed E-state index contributed by atoms with van der Waals surface area (Å²) in [6, 6.07) is 0. The van der Waals surface area contributed by atoms with Crippen molar-refractivity contribution in [3.8, 4) is 0 Å². The molecule has 1 saturated heterocycles. The smallest absolute Gasteiger partial charge is 0.399 e. The Morgan fingerprint density at radius 1 is 1.29 bits per heavy atom. The maximum atomic E-state index is 11.6. The predicted molar refractivity (Wildman–Crippen MR) is 45.6 cm³/mol. The molecule has 0 amide bonds. The minimum atomic E-state index is -1.40. The van der Waals surface area contributed by atoms with E-state index in [2.05, 4.69) is 0 Å². The molecule has 2 aliphatic rings. The molecule has 1 saturated carbocycles. The van der Waals surface area contributed by atoms with E-state index in [0.29, 0.717) is 12.8 Å². The lowest BCUT2D eigenvalue weighted by atomic mass is 9.66. The number of esters is 1. The lowest BCUT2D eigenvalue weighted by Gasteiger charge is -2.32. The zero-order chi connectivity index (χ0) is 10.8. The van der Waals surface area contributed by atoms with E-state index >= 15 is 0 Å². The largest absolute Gasteiger partial charge is 0.446 e. The van der Waals surface area contributed by atoms with Crippen molar-refractivity contribution < 1.29 is 19.4 Å². The van der Waals surface area contributed by atoms with E-state index in [0.717, 1.165) is 0 Å². The molecule has 4 nitrogen and oxygen atoms in total. The Labute approximate surface area is 82.2 Å². The van der Waals surface area contributed by atoms with Gasteiger partial charge in [0.25, 0.3) is 0 Å². The second-order valence-corrected chi connectivity index (χ2v) is 4.96. The van der Waals surface area contributed by atoms with Crippen LogP contribution in [0.25, 0.3) is 0 Å². The van der Waals surface area contributed by atoms with Crippen molar-refractivity contribution in [2.75, 3.05) is 0 Å². The maximum absolute atomic E-state index is 11.6. The van der Waals surface area contributed by atoms with Gasteiger partial charge >= 0.3 is 11.9 Å². The molecule has 4 heteroatoms. The van der Waals surface area contributed by atoms with Gasteiger partial charge in [0.15, 0.2) is 0 Å². The molecular formula is C10H13O4. The molecule has 0 aromatic rings. The lowest BCUT2D eigenvalue weighted by Crippen LogP contribution is -2.47. The summed E-state index contributed by atoms with van der Waals surface area (Å²) in [5.41, 5.74) is -2.76. The van der Waals surface area contributed by atoms with E-state index in [4.69, 9.17) is 4.74 Å². The fraction of sp³-hybridized carbons (Fsp3) is 0.800. The molecule has 0 aromatic heterocycles. The van der Waals surface area contributed by atoms with Crippen LogP contribution in [-0.2, 0) is 19.4 Å². The van der Waals surface area contributed by atoms with Crippen LogP contribution in [0.4, 0.5) is 0 Å². The third-order valence-corrected chi connectivity index (χ3v) is 4.41. The van der Waals surface area contributed by atoms with Gasteiger partial charge in [0.1, 0.15) is 0 Å². The third kappa shape index (κ3) is 0.645. The van der Waals surface area contributed by atoms with Gasteiger partial charge in [-0.2, -0.15) is 0 Å². The van der Waals surface area contributed by atoms with Gasteiger partial charge in [0.2, 0.25) is 5.60 Å². The van der Waals surface area contributed by atoms with Crippen molar-refractivity contribution in [3.63, 3.8) is 0 Å². The Hall–Kier alpha value is -1.06. The summed E-state index contributed by atoms with van der Waals surface area (Å²) in [4.78, 5) is 22.7. The molecule has 2 atom stereocenters. The molecule has 14 heavy (non-hydrogen) atoms. The number of carbonyl (C=O) groups excluding carboxylic acids is 2. The van der Waals surface area contributed by atoms with Gasteiger partial charge in [0.05, 0.1) is 5.41 Å². The van der Waals surface area contributed by atoms with Crippen LogP contribution in [0.5, 0.6) is 0 Å². The first-order chi connectivity index (χ1) is 6.28. The quantitative estimate of drug-likeness (QED) is 0.590. The van der Waals surface area contributed by atoms with Crippen LogP contribution in [0.1, 0.15) is 33.6 Å². The van der Waals surface area contributed by atoms with E-state index in [9.17, 15) is 14.7 Å². The topological polar surface area (TPSA) is 63.3 Å². The normalized spacial score (nSPS) is 43.8. The maximum Gasteiger partial charge on any atom is 0.399 e. The molecule has 1 aliphatic heterocycles. The highest BCUT2D eigenvalue weighted by Crippen LogP contribution is 2.65. The van der Waals surface area contributed by atoms with Gasteiger partial charge < -0.3 is 4.74 Å². The summed E-state index contributed by atoms with van der Waals surface area (Å²) in [7, 11) is 0. The predicted octanol–water partition coefficient (Wildman–Crippen LogP) is 1.07. The lowest BCUT2D eigenvalue weighted by molar-refractivity contribution is -0.183. The van der Waals surface area contributed by atoms with Gasteiger partial charge in [0, 0.05) is 11.8 Å². The SMILES string of the molecule is CC12CCC(C([O])=O)(OC1=O)C2(C)C. The summed E-state index contributed by atoms with van der Waals surface area (Å²) < 4.78 is 5.03. The van der Waals surface area contributed by atoms with Gasteiger partial charge in [-0.1, -0.05) is 13.8 Å². The average Bonchev–Trinajstić information content (AvgIpc) is 2.34. The number of carbonyl (C=O) groups is 2. The van der Waals surface area contributed by atoms with Crippen molar-refractivity contribution in [2.24, 2.45) is 10.8 Å². The molecule has 0 spiro atoms. The monoisotopic (exact) mass is 197 g/mol. The van der Waals surface area contributed by atoms with Crippen molar-refractivity contribution in [1.29, 1.82) is 0 Å². The Bertz CT molecular complexity index is 333. The third-order valence-electron chi connectivity index (χ3n) is 4.41. The van der Waals surface area contributed by atoms with E-state index in [1.165, 1.54) is 0 Å². The molecule has 0 aromatic carbocycles. The zero-order valence-electron chi connectivity index (χ0n) is 8.55. The fourth-order valence-corrected chi connectivity index (χ4v) is 2.70. The van der Waals surface area contributed by atoms with E-state index < -0.39 is 28.4 Å². The molecule has 1 radical (unpaired) electrons. The molecule has 1 heterocycles. The van der Waals surface area contributed by atoms with E-state index in [1.54, 1.807) is 20.8 Å². The molecule has 2 fully saturated rings. The standard InChI is InChI=1S/C10H13O4/c1-8(2)9(3)4-5-10(8,6(11)12)14-7(9)13/h4-5H2,1-3H3. The van der Waals surface area contributed by atoms with Crippen molar-refractivity contribution in [1.82, 2.24) is 0 Å². The highest BCUT2D eigenvalue weighted by atomic mass is 16.6. The van der Waals surface area contributed by atoms with Gasteiger partial charge in [-0.25, -0.2) is 9.90 Å². The van der Waals surface area contributed by atoms with Crippen LogP contribution in [0.2, 0.25) is 0 Å². The minimum Gasteiger partial charge on any atom is -0.446 e. The van der Waals surface area contributed by atoms with Crippen molar-refractivity contribution in [3.05, 3.63) is 0 Å². The summed E-state index contributed by atoms with van der Waals surface area (Å²) in [6.07, 6.45) is 0.928. The zero-order valence-corrected chi connectivity index (χ0v) is 8.55. The summed E-state index contributed by atoms with van der Waals surface area (Å²) in [5, 5.41) is 11.1. The van der Waals surface area contributed by atoms with E-state index in [-0.39, 0.29) is 0 Å². The first kappa shape index (κ1) is 9.49. The van der Waals surface area contributed by atoms with Gasteiger partial charge in [-0.15, -0.1) is 0 Å². The number of hydrogen-bond donors (Lipinski definition) is 0. The minimum absolute atomic E-state index is 0.366. The van der Waals surface area contributed by atoms with Crippen LogP contribution in [0.3, 0.4) is 0 Å². The molecular weight excluding hydrogens is 184 g/mol. The number of fused-ring (bicyclic) bond motifs is 2. The van der Waals surface area contributed by atoms with Gasteiger partial charge in [-0.3, -0.25) is 4.79 Å². The summed E-state index contributed by atoms with van der Waals surface area (Å²) >= 11 is 0. The van der Waals surface area contributed by atoms with Crippen LogP contribution < -0.4 is 0 Å². The van der Waals surface area contributed by atoms with Crippen molar-refractivity contribution in [2.45, 2.75) is 39.2 Å². The van der Waals surface area contributed by atoms with Crippen LogP contribution >= 0.6 is 0 Å². The van der Waals surface area contributed by atoms with Crippen LogP contribution in [0, 0.1) is 10.8 Å². The fourth-order valence-electron chi connectivity index (χ4n) is 2.70. The molecule has 0 N–H and O–H groups in total. The number of rotatable bonds is 1. The van der Waals surface area contributed by atoms with Gasteiger partial charge in [-0.05, 0) is 13.3 Å². The second kappa shape index (κ2) is 2.12. The number of ether oxygens (including phenoxy) is 1. The Balaban J connectivity index is 2.60. The highest BCUT2D eigenvalue weighted by molar-refractivity contribution is 5.92. The molecule has 2 unspecified atom stereocenters. The van der Waals surface area contributed by atoms with Crippen LogP contribution in [-0.4, -0.2) is 17.5 Å². The Morgan fingerprint density at radius 3 is 2.07 bits per heavy atom. The summed E-state index contributed by atoms with van der Waals surface area (Å²) in [6.45, 7) is 5.30. The number of hydrogen-bond acceptors (Lipinski definition) is 3. The average molecular weight is 197 g/mol. The first-order valence-electron chi connectivity index (χ1n) is 4.73. The molecule has 2 rings (SSSR count). The van der Waals surface area contributed by atoms with Crippen LogP contribution in [0.15, 0.2) is 0 Å². The Kier molecular flexibility index (Phi) is 1.44.